The Bertz CT molecular complexity index is 794. The highest BCUT2D eigenvalue weighted by Gasteiger charge is 2.29. The molecule has 5 heteroatoms. The number of thiazole rings is 1. The summed E-state index contributed by atoms with van der Waals surface area (Å²) in [6, 6.07) is 12.1. The highest BCUT2D eigenvalue weighted by molar-refractivity contribution is 7.07. The number of carbonyl (C=O) groups is 1. The normalized spacial score (nSPS) is 17.3. The molecule has 0 aliphatic carbocycles. The van der Waals surface area contributed by atoms with E-state index in [1.165, 1.54) is 0 Å². The number of nitrogens with zero attached hydrogens (tertiary/aromatic N) is 3. The van der Waals surface area contributed by atoms with E-state index in [9.17, 15) is 4.79 Å². The average Bonchev–Trinajstić information content (AvgIpc) is 3.37. The minimum atomic E-state index is 0.134. The van der Waals surface area contributed by atoms with Crippen LogP contribution >= 0.6 is 11.3 Å². The lowest BCUT2D eigenvalue weighted by atomic mass is 10.1. The minimum absolute atomic E-state index is 0.134. The summed E-state index contributed by atoms with van der Waals surface area (Å²) in [5, 5.41) is 2.02. The first-order chi connectivity index (χ1) is 11.8. The van der Waals surface area contributed by atoms with Gasteiger partial charge in [0.1, 0.15) is 0 Å². The molecule has 0 radical (unpaired) electrons. The predicted octanol–water partition coefficient (Wildman–Crippen LogP) is 3.92. The molecule has 0 bridgehead atoms. The molecule has 3 aromatic rings. The van der Waals surface area contributed by atoms with Crippen LogP contribution in [0.4, 0.5) is 0 Å². The highest BCUT2D eigenvalue weighted by atomic mass is 32.1. The van der Waals surface area contributed by atoms with E-state index in [0.717, 1.165) is 42.8 Å². The Kier molecular flexibility index (Phi) is 4.17. The monoisotopic (exact) mass is 337 g/mol. The molecule has 1 atom stereocenters. The van der Waals surface area contributed by atoms with Crippen molar-refractivity contribution in [2.24, 2.45) is 0 Å². The van der Waals surface area contributed by atoms with Gasteiger partial charge in [0.05, 0.1) is 11.2 Å². The van der Waals surface area contributed by atoms with E-state index in [-0.39, 0.29) is 11.9 Å². The van der Waals surface area contributed by atoms with Gasteiger partial charge in [0.15, 0.2) is 0 Å². The van der Waals surface area contributed by atoms with Gasteiger partial charge in [-0.3, -0.25) is 4.79 Å². The molecule has 0 N–H and O–H groups in total. The van der Waals surface area contributed by atoms with Crippen molar-refractivity contribution in [2.75, 3.05) is 6.54 Å². The maximum Gasteiger partial charge on any atom is 0.254 e. The number of rotatable bonds is 4. The Morgan fingerprint density at radius 3 is 2.71 bits per heavy atom. The van der Waals surface area contributed by atoms with E-state index in [1.807, 2.05) is 52.2 Å². The van der Waals surface area contributed by atoms with Crippen molar-refractivity contribution < 1.29 is 4.79 Å². The minimum Gasteiger partial charge on any atom is -0.352 e. The molecule has 1 saturated heterocycles. The summed E-state index contributed by atoms with van der Waals surface area (Å²) < 4.78 is 2.15. The molecule has 1 aliphatic rings. The second-order valence-electron chi connectivity index (χ2n) is 6.13. The Labute approximate surface area is 145 Å². The fraction of sp³-hybridized carbons (Fsp3) is 0.263. The van der Waals surface area contributed by atoms with Gasteiger partial charge in [-0.25, -0.2) is 4.98 Å². The molecule has 0 saturated carbocycles. The summed E-state index contributed by atoms with van der Waals surface area (Å²) in [4.78, 5) is 19.2. The van der Waals surface area contributed by atoms with Gasteiger partial charge in [0.25, 0.3) is 5.91 Å². The van der Waals surface area contributed by atoms with Gasteiger partial charge in [-0.15, -0.1) is 11.3 Å². The Hall–Kier alpha value is -2.40. The van der Waals surface area contributed by atoms with Crippen LogP contribution in [0.25, 0.3) is 11.3 Å². The highest BCUT2D eigenvalue weighted by Crippen LogP contribution is 2.24. The molecule has 1 aliphatic heterocycles. The van der Waals surface area contributed by atoms with Crippen molar-refractivity contribution in [3.8, 4) is 11.3 Å². The van der Waals surface area contributed by atoms with Crippen molar-refractivity contribution in [1.29, 1.82) is 0 Å². The first-order valence-corrected chi connectivity index (χ1v) is 9.16. The molecule has 24 heavy (non-hydrogen) atoms. The lowest BCUT2D eigenvalue weighted by molar-refractivity contribution is 0.0724. The topological polar surface area (TPSA) is 38.1 Å². The summed E-state index contributed by atoms with van der Waals surface area (Å²) in [6.45, 7) is 1.72. The van der Waals surface area contributed by atoms with Gasteiger partial charge in [-0.05, 0) is 37.1 Å². The summed E-state index contributed by atoms with van der Waals surface area (Å²) in [5.41, 5.74) is 4.60. The van der Waals surface area contributed by atoms with Crippen LogP contribution in [0.3, 0.4) is 0 Å². The van der Waals surface area contributed by atoms with Crippen molar-refractivity contribution in [2.45, 2.75) is 25.4 Å². The van der Waals surface area contributed by atoms with Gasteiger partial charge in [0, 0.05) is 48.0 Å². The molecule has 4 nitrogen and oxygen atoms in total. The standard InChI is InChI=1S/C19H19N3OS/c23-19(16-7-5-15(6-8-16)18-13-24-14-20-18)22-11-3-4-17(22)12-21-9-1-2-10-21/h1-2,5-10,13-14,17H,3-4,11-12H2. The van der Waals surface area contributed by atoms with Gasteiger partial charge in [-0.2, -0.15) is 0 Å². The maximum absolute atomic E-state index is 12.9. The predicted molar refractivity (Wildman–Crippen MR) is 96.0 cm³/mol. The Balaban J connectivity index is 1.50. The van der Waals surface area contributed by atoms with E-state index in [0.29, 0.717) is 0 Å². The van der Waals surface area contributed by atoms with Crippen LogP contribution in [0, 0.1) is 0 Å². The van der Waals surface area contributed by atoms with Crippen LogP contribution < -0.4 is 0 Å². The fourth-order valence-corrected chi connectivity index (χ4v) is 3.89. The second kappa shape index (κ2) is 6.61. The summed E-state index contributed by atoms with van der Waals surface area (Å²) in [6.07, 6.45) is 6.27. The molecule has 4 rings (SSSR count). The molecule has 2 aromatic heterocycles. The molecule has 1 unspecified atom stereocenters. The number of hydrogen-bond donors (Lipinski definition) is 0. The third-order valence-corrected chi connectivity index (χ3v) is 5.17. The molecule has 122 valence electrons. The number of amides is 1. The second-order valence-corrected chi connectivity index (χ2v) is 6.84. The quantitative estimate of drug-likeness (QED) is 0.724. The van der Waals surface area contributed by atoms with Crippen molar-refractivity contribution >= 4 is 17.2 Å². The van der Waals surface area contributed by atoms with Crippen LogP contribution in [0.2, 0.25) is 0 Å². The average molecular weight is 337 g/mol. The van der Waals surface area contributed by atoms with E-state index < -0.39 is 0 Å². The first kappa shape index (κ1) is 15.1. The zero-order chi connectivity index (χ0) is 16.4. The van der Waals surface area contributed by atoms with Gasteiger partial charge in [-0.1, -0.05) is 12.1 Å². The van der Waals surface area contributed by atoms with Crippen molar-refractivity contribution in [1.82, 2.24) is 14.5 Å². The summed E-state index contributed by atoms with van der Waals surface area (Å²) in [5.74, 6) is 0.134. The van der Waals surface area contributed by atoms with Gasteiger partial charge < -0.3 is 9.47 Å². The van der Waals surface area contributed by atoms with Crippen LogP contribution in [-0.2, 0) is 6.54 Å². The molecule has 1 aromatic carbocycles. The Morgan fingerprint density at radius 2 is 2.00 bits per heavy atom. The number of benzene rings is 1. The maximum atomic E-state index is 12.9. The van der Waals surface area contributed by atoms with Crippen LogP contribution in [-0.4, -0.2) is 32.9 Å². The lowest BCUT2D eigenvalue weighted by Gasteiger charge is -2.25. The van der Waals surface area contributed by atoms with Crippen molar-refractivity contribution in [3.05, 3.63) is 65.2 Å². The van der Waals surface area contributed by atoms with E-state index in [1.54, 1.807) is 11.3 Å². The van der Waals surface area contributed by atoms with Gasteiger partial charge in [0.2, 0.25) is 0 Å². The van der Waals surface area contributed by atoms with Crippen LogP contribution in [0.15, 0.2) is 59.7 Å². The zero-order valence-corrected chi connectivity index (χ0v) is 14.2. The summed E-state index contributed by atoms with van der Waals surface area (Å²) in [7, 11) is 0. The summed E-state index contributed by atoms with van der Waals surface area (Å²) >= 11 is 1.58. The van der Waals surface area contributed by atoms with E-state index in [4.69, 9.17) is 0 Å². The third-order valence-electron chi connectivity index (χ3n) is 4.59. The number of likely N-dealkylation sites (tertiary alicyclic amines) is 1. The molecule has 3 heterocycles. The number of aromatic nitrogens is 2. The van der Waals surface area contributed by atoms with Crippen molar-refractivity contribution in [3.63, 3.8) is 0 Å². The largest absolute Gasteiger partial charge is 0.352 e. The third kappa shape index (κ3) is 2.99. The van der Waals surface area contributed by atoms with E-state index in [2.05, 4.69) is 21.9 Å². The SMILES string of the molecule is O=C(c1ccc(-c2cscn2)cc1)N1CCCC1Cn1cccc1. The zero-order valence-electron chi connectivity index (χ0n) is 13.3. The van der Waals surface area contributed by atoms with Crippen LogP contribution in [0.1, 0.15) is 23.2 Å². The van der Waals surface area contributed by atoms with Gasteiger partial charge >= 0.3 is 0 Å². The molecular formula is C19H19N3OS. The number of hydrogen-bond acceptors (Lipinski definition) is 3. The van der Waals surface area contributed by atoms with Crippen LogP contribution in [0.5, 0.6) is 0 Å². The lowest BCUT2D eigenvalue weighted by Crippen LogP contribution is -2.37. The Morgan fingerprint density at radius 1 is 1.21 bits per heavy atom. The molecular weight excluding hydrogens is 318 g/mol. The molecule has 1 amide bonds. The fourth-order valence-electron chi connectivity index (χ4n) is 3.33. The first-order valence-electron chi connectivity index (χ1n) is 8.21. The van der Waals surface area contributed by atoms with E-state index >= 15 is 0 Å². The smallest absolute Gasteiger partial charge is 0.254 e. The molecule has 1 fully saturated rings. The number of carbonyl (C=O) groups excluding carboxylic acids is 1. The molecule has 0 spiro atoms.